The van der Waals surface area contributed by atoms with E-state index in [9.17, 15) is 4.79 Å². The van der Waals surface area contributed by atoms with Crippen molar-refractivity contribution in [3.05, 3.63) is 29.8 Å². The minimum atomic E-state index is 0.105. The summed E-state index contributed by atoms with van der Waals surface area (Å²) in [4.78, 5) is 14.4. The van der Waals surface area contributed by atoms with Crippen LogP contribution in [0.15, 0.2) is 24.3 Å². The number of amides is 1. The zero-order valence-corrected chi connectivity index (χ0v) is 12.6. The third-order valence-electron chi connectivity index (χ3n) is 3.64. The Morgan fingerprint density at radius 3 is 2.65 bits per heavy atom. The van der Waals surface area contributed by atoms with Crippen molar-refractivity contribution in [3.63, 3.8) is 0 Å². The van der Waals surface area contributed by atoms with E-state index in [4.69, 9.17) is 4.74 Å². The van der Waals surface area contributed by atoms with Gasteiger partial charge in [0.1, 0.15) is 5.75 Å². The monoisotopic (exact) mass is 276 g/mol. The summed E-state index contributed by atoms with van der Waals surface area (Å²) in [5.74, 6) is 0.865. The van der Waals surface area contributed by atoms with E-state index in [1.165, 1.54) is 0 Å². The second kappa shape index (κ2) is 6.75. The van der Waals surface area contributed by atoms with Gasteiger partial charge in [0, 0.05) is 24.7 Å². The average Bonchev–Trinajstić information content (AvgIpc) is 2.46. The molecule has 0 unspecified atom stereocenters. The van der Waals surface area contributed by atoms with Gasteiger partial charge in [-0.05, 0) is 51.9 Å². The summed E-state index contributed by atoms with van der Waals surface area (Å²) < 4.78 is 5.65. The van der Waals surface area contributed by atoms with Gasteiger partial charge in [-0.25, -0.2) is 0 Å². The molecule has 1 amide bonds. The third-order valence-corrected chi connectivity index (χ3v) is 3.64. The Kier molecular flexibility index (Phi) is 5.01. The van der Waals surface area contributed by atoms with Gasteiger partial charge in [0.15, 0.2) is 0 Å². The Hall–Kier alpha value is -1.55. The number of hydrogen-bond donors (Lipinski definition) is 1. The third kappa shape index (κ3) is 3.73. The van der Waals surface area contributed by atoms with Crippen LogP contribution in [0.25, 0.3) is 0 Å². The molecule has 0 aromatic heterocycles. The van der Waals surface area contributed by atoms with E-state index < -0.39 is 0 Å². The van der Waals surface area contributed by atoms with Crippen LogP contribution in [0.4, 0.5) is 0 Å². The van der Waals surface area contributed by atoms with Crippen LogP contribution in [0.5, 0.6) is 5.75 Å². The number of carbonyl (C=O) groups is 1. The molecule has 1 aromatic carbocycles. The maximum atomic E-state index is 12.5. The first kappa shape index (κ1) is 14.9. The molecule has 1 aliphatic rings. The first-order chi connectivity index (χ1) is 9.60. The average molecular weight is 276 g/mol. The van der Waals surface area contributed by atoms with E-state index in [0.717, 1.165) is 31.7 Å². The van der Waals surface area contributed by atoms with Gasteiger partial charge < -0.3 is 15.0 Å². The van der Waals surface area contributed by atoms with Crippen LogP contribution >= 0.6 is 0 Å². The maximum Gasteiger partial charge on any atom is 0.253 e. The molecule has 0 spiro atoms. The van der Waals surface area contributed by atoms with Gasteiger partial charge in [0.05, 0.1) is 6.10 Å². The first-order valence-corrected chi connectivity index (χ1v) is 7.33. The summed E-state index contributed by atoms with van der Waals surface area (Å²) in [6, 6.07) is 8.01. The van der Waals surface area contributed by atoms with Crippen LogP contribution in [0.3, 0.4) is 0 Å². The Labute approximate surface area is 121 Å². The molecule has 20 heavy (non-hydrogen) atoms. The number of nitrogens with zero attached hydrogens (tertiary/aromatic N) is 1. The van der Waals surface area contributed by atoms with Gasteiger partial charge >= 0.3 is 0 Å². The van der Waals surface area contributed by atoms with E-state index in [-0.39, 0.29) is 12.0 Å². The normalized spacial score (nSPS) is 16.5. The Balaban J connectivity index is 2.02. The van der Waals surface area contributed by atoms with E-state index in [1.807, 2.05) is 50.1 Å². The summed E-state index contributed by atoms with van der Waals surface area (Å²) in [6.45, 7) is 5.60. The predicted molar refractivity (Wildman–Crippen MR) is 80.2 cm³/mol. The highest BCUT2D eigenvalue weighted by Crippen LogP contribution is 2.18. The molecule has 0 saturated carbocycles. The highest BCUT2D eigenvalue weighted by atomic mass is 16.5. The first-order valence-electron chi connectivity index (χ1n) is 7.33. The van der Waals surface area contributed by atoms with Crippen molar-refractivity contribution in [2.75, 3.05) is 20.1 Å². The Morgan fingerprint density at radius 1 is 1.35 bits per heavy atom. The van der Waals surface area contributed by atoms with Crippen LogP contribution in [0.2, 0.25) is 0 Å². The smallest absolute Gasteiger partial charge is 0.253 e. The van der Waals surface area contributed by atoms with Crippen molar-refractivity contribution in [2.45, 2.75) is 38.8 Å². The summed E-state index contributed by atoms with van der Waals surface area (Å²) in [5.41, 5.74) is 0.714. The minimum absolute atomic E-state index is 0.105. The van der Waals surface area contributed by atoms with Gasteiger partial charge in [0.25, 0.3) is 5.91 Å². The number of benzene rings is 1. The van der Waals surface area contributed by atoms with Crippen LogP contribution in [-0.4, -0.2) is 43.1 Å². The maximum absolute atomic E-state index is 12.5. The van der Waals surface area contributed by atoms with E-state index in [2.05, 4.69) is 5.32 Å². The fourth-order valence-corrected chi connectivity index (χ4v) is 2.53. The SMILES string of the molecule is CNC1CCN(C(=O)c2cccc(OC(C)C)c2)CC1. The quantitative estimate of drug-likeness (QED) is 0.917. The molecule has 1 aromatic rings. The molecule has 0 bridgehead atoms. The molecule has 0 atom stereocenters. The van der Waals surface area contributed by atoms with Crippen molar-refractivity contribution in [1.82, 2.24) is 10.2 Å². The standard InChI is InChI=1S/C16H24N2O2/c1-12(2)20-15-6-4-5-13(11-15)16(19)18-9-7-14(17-3)8-10-18/h4-6,11-12,14,17H,7-10H2,1-3H3. The second-order valence-electron chi connectivity index (χ2n) is 5.55. The molecule has 1 saturated heterocycles. The van der Waals surface area contributed by atoms with E-state index in [0.29, 0.717) is 11.6 Å². The molecule has 4 heteroatoms. The van der Waals surface area contributed by atoms with Crippen LogP contribution in [-0.2, 0) is 0 Å². The summed E-state index contributed by atoms with van der Waals surface area (Å²) in [6.07, 6.45) is 2.15. The lowest BCUT2D eigenvalue weighted by Crippen LogP contribution is -2.43. The second-order valence-corrected chi connectivity index (χ2v) is 5.55. The lowest BCUT2D eigenvalue weighted by molar-refractivity contribution is 0.0706. The van der Waals surface area contributed by atoms with Crippen molar-refractivity contribution >= 4 is 5.91 Å². The number of hydrogen-bond acceptors (Lipinski definition) is 3. The van der Waals surface area contributed by atoms with E-state index in [1.54, 1.807) is 0 Å². The number of rotatable bonds is 4. The largest absolute Gasteiger partial charge is 0.491 e. The van der Waals surface area contributed by atoms with Crippen molar-refractivity contribution < 1.29 is 9.53 Å². The summed E-state index contributed by atoms with van der Waals surface area (Å²) >= 11 is 0. The minimum Gasteiger partial charge on any atom is -0.491 e. The molecule has 110 valence electrons. The van der Waals surface area contributed by atoms with Crippen molar-refractivity contribution in [1.29, 1.82) is 0 Å². The summed E-state index contributed by atoms with van der Waals surface area (Å²) in [7, 11) is 1.98. The van der Waals surface area contributed by atoms with Gasteiger partial charge in [-0.15, -0.1) is 0 Å². The molecular weight excluding hydrogens is 252 g/mol. The van der Waals surface area contributed by atoms with Gasteiger partial charge in [-0.3, -0.25) is 4.79 Å². The molecule has 2 rings (SSSR count). The van der Waals surface area contributed by atoms with Crippen LogP contribution in [0.1, 0.15) is 37.0 Å². The molecule has 4 nitrogen and oxygen atoms in total. The van der Waals surface area contributed by atoms with Crippen LogP contribution in [0, 0.1) is 0 Å². The predicted octanol–water partition coefficient (Wildman–Crippen LogP) is 2.30. The van der Waals surface area contributed by atoms with Gasteiger partial charge in [0.2, 0.25) is 0 Å². The zero-order valence-electron chi connectivity index (χ0n) is 12.6. The fraction of sp³-hybridized carbons (Fsp3) is 0.562. The van der Waals surface area contributed by atoms with Gasteiger partial charge in [-0.1, -0.05) is 6.07 Å². The number of nitrogens with one attached hydrogen (secondary N) is 1. The van der Waals surface area contributed by atoms with Crippen molar-refractivity contribution in [2.24, 2.45) is 0 Å². The summed E-state index contributed by atoms with van der Waals surface area (Å²) in [5, 5.41) is 3.28. The highest BCUT2D eigenvalue weighted by Gasteiger charge is 2.22. The van der Waals surface area contributed by atoms with Gasteiger partial charge in [-0.2, -0.15) is 0 Å². The zero-order chi connectivity index (χ0) is 14.5. The molecule has 1 N–H and O–H groups in total. The van der Waals surface area contributed by atoms with E-state index >= 15 is 0 Å². The molecular formula is C16H24N2O2. The number of ether oxygens (including phenoxy) is 1. The number of likely N-dealkylation sites (tertiary alicyclic amines) is 1. The fourth-order valence-electron chi connectivity index (χ4n) is 2.53. The molecule has 0 aliphatic carbocycles. The Bertz CT molecular complexity index is 452. The molecule has 1 heterocycles. The molecule has 1 aliphatic heterocycles. The Morgan fingerprint density at radius 2 is 2.05 bits per heavy atom. The highest BCUT2D eigenvalue weighted by molar-refractivity contribution is 5.94. The molecule has 1 fully saturated rings. The molecule has 0 radical (unpaired) electrons. The number of piperidine rings is 1. The lowest BCUT2D eigenvalue weighted by atomic mass is 10.0. The topological polar surface area (TPSA) is 41.6 Å². The van der Waals surface area contributed by atoms with Crippen molar-refractivity contribution in [3.8, 4) is 5.75 Å². The number of carbonyl (C=O) groups excluding carboxylic acids is 1. The lowest BCUT2D eigenvalue weighted by Gasteiger charge is -2.32. The van der Waals surface area contributed by atoms with Crippen LogP contribution < -0.4 is 10.1 Å².